The quantitative estimate of drug-likeness (QED) is 0.614. The van der Waals surface area contributed by atoms with Gasteiger partial charge in [0, 0.05) is 24.7 Å². The summed E-state index contributed by atoms with van der Waals surface area (Å²) in [5.41, 5.74) is 2.07. The average Bonchev–Trinajstić information content (AvgIpc) is 3.31. The number of rotatable bonds is 5. The van der Waals surface area contributed by atoms with E-state index < -0.39 is 10.0 Å². The molecule has 32 heavy (non-hydrogen) atoms. The van der Waals surface area contributed by atoms with E-state index in [9.17, 15) is 13.2 Å². The summed E-state index contributed by atoms with van der Waals surface area (Å²) in [5.74, 6) is -0.484. The van der Waals surface area contributed by atoms with Gasteiger partial charge < -0.3 is 5.32 Å². The predicted octanol–water partition coefficient (Wildman–Crippen LogP) is 3.54. The molecule has 1 fully saturated rings. The van der Waals surface area contributed by atoms with Crippen molar-refractivity contribution in [3.8, 4) is 6.07 Å². The number of hydrogen-bond donors (Lipinski definition) is 1. The monoisotopic (exact) mass is 467 g/mol. The van der Waals surface area contributed by atoms with E-state index in [1.54, 1.807) is 12.1 Å². The van der Waals surface area contributed by atoms with E-state index in [2.05, 4.69) is 15.5 Å². The number of nitrogens with one attached hydrogen (secondary N) is 1. The number of benzene rings is 2. The lowest BCUT2D eigenvalue weighted by Gasteiger charge is -2.30. The van der Waals surface area contributed by atoms with Crippen LogP contribution in [-0.4, -0.2) is 41.9 Å². The second kappa shape index (κ2) is 9.16. The first-order valence-electron chi connectivity index (χ1n) is 10.1. The van der Waals surface area contributed by atoms with Gasteiger partial charge in [-0.05, 0) is 50.1 Å². The Hall–Kier alpha value is -3.13. The fourth-order valence-electron chi connectivity index (χ4n) is 3.55. The van der Waals surface area contributed by atoms with Crippen molar-refractivity contribution in [2.75, 3.05) is 18.4 Å². The Bertz CT molecular complexity index is 1280. The highest BCUT2D eigenvalue weighted by Crippen LogP contribution is 2.32. The first kappa shape index (κ1) is 22.1. The van der Waals surface area contributed by atoms with Crippen LogP contribution in [0.1, 0.15) is 44.7 Å². The third-order valence-electron chi connectivity index (χ3n) is 5.28. The number of carbonyl (C=O) groups is 1. The van der Waals surface area contributed by atoms with E-state index in [-0.39, 0.29) is 28.3 Å². The van der Waals surface area contributed by atoms with Crippen LogP contribution in [0.2, 0.25) is 0 Å². The Morgan fingerprint density at radius 1 is 1.22 bits per heavy atom. The molecule has 2 heterocycles. The fourth-order valence-corrected chi connectivity index (χ4v) is 5.98. The number of hydrogen-bond acceptors (Lipinski definition) is 7. The van der Waals surface area contributed by atoms with E-state index in [0.717, 1.165) is 12.0 Å². The molecule has 0 bridgehead atoms. The van der Waals surface area contributed by atoms with Crippen LogP contribution in [-0.2, 0) is 10.0 Å². The maximum absolute atomic E-state index is 13.1. The first-order valence-corrected chi connectivity index (χ1v) is 12.3. The minimum atomic E-state index is -3.73. The standard InChI is InChI=1S/C22H21N5O3S2/c1-15-7-9-18(10-8-15)24-20(28)22-26-25-21(31-22)17-5-3-11-27(14-17)32(29,30)19-6-2-4-16(12-19)13-23/h2,4,6-10,12,17H,3,5,11,14H2,1H3,(H,24,28)/t17-/m1/s1. The van der Waals surface area contributed by atoms with Gasteiger partial charge in [0.2, 0.25) is 15.0 Å². The van der Waals surface area contributed by atoms with E-state index >= 15 is 0 Å². The van der Waals surface area contributed by atoms with Crippen LogP contribution in [0, 0.1) is 18.3 Å². The van der Waals surface area contributed by atoms with Gasteiger partial charge in [0.1, 0.15) is 5.01 Å². The topological polar surface area (TPSA) is 116 Å². The van der Waals surface area contributed by atoms with Crippen molar-refractivity contribution in [3.63, 3.8) is 0 Å². The van der Waals surface area contributed by atoms with Gasteiger partial charge >= 0.3 is 0 Å². The fraction of sp³-hybridized carbons (Fsp3) is 0.273. The number of carbonyl (C=O) groups excluding carboxylic acids is 1. The van der Waals surface area contributed by atoms with E-state index in [1.165, 1.54) is 27.8 Å². The first-order chi connectivity index (χ1) is 15.4. The molecule has 1 aromatic heterocycles. The number of piperidine rings is 1. The van der Waals surface area contributed by atoms with Gasteiger partial charge in [-0.3, -0.25) is 4.79 Å². The lowest BCUT2D eigenvalue weighted by atomic mass is 10.0. The molecule has 1 saturated heterocycles. The second-order valence-electron chi connectivity index (χ2n) is 7.61. The van der Waals surface area contributed by atoms with Crippen LogP contribution in [0.4, 0.5) is 5.69 Å². The molecule has 0 radical (unpaired) electrons. The summed E-state index contributed by atoms with van der Waals surface area (Å²) in [7, 11) is -3.73. The van der Waals surface area contributed by atoms with Crippen LogP contribution >= 0.6 is 11.3 Å². The van der Waals surface area contributed by atoms with Gasteiger partial charge in [-0.15, -0.1) is 10.2 Å². The van der Waals surface area contributed by atoms with Crippen LogP contribution in [0.5, 0.6) is 0 Å². The number of anilines is 1. The summed E-state index contributed by atoms with van der Waals surface area (Å²) < 4.78 is 27.6. The summed E-state index contributed by atoms with van der Waals surface area (Å²) >= 11 is 1.19. The lowest BCUT2D eigenvalue weighted by Crippen LogP contribution is -2.39. The predicted molar refractivity (Wildman–Crippen MR) is 121 cm³/mol. The zero-order valence-electron chi connectivity index (χ0n) is 17.4. The third kappa shape index (κ3) is 4.70. The van der Waals surface area contributed by atoms with Crippen molar-refractivity contribution in [2.45, 2.75) is 30.6 Å². The molecule has 10 heteroatoms. The summed E-state index contributed by atoms with van der Waals surface area (Å²) in [6.45, 7) is 2.62. The highest BCUT2D eigenvalue weighted by molar-refractivity contribution is 7.89. The summed E-state index contributed by atoms with van der Waals surface area (Å²) in [4.78, 5) is 12.6. The molecule has 1 amide bonds. The van der Waals surface area contributed by atoms with Crippen molar-refractivity contribution in [1.82, 2.24) is 14.5 Å². The molecule has 1 atom stereocenters. The van der Waals surface area contributed by atoms with Gasteiger partial charge in [0.15, 0.2) is 0 Å². The molecule has 1 N–H and O–H groups in total. The normalized spacial score (nSPS) is 16.9. The van der Waals surface area contributed by atoms with Crippen molar-refractivity contribution < 1.29 is 13.2 Å². The minimum absolute atomic E-state index is 0.104. The zero-order valence-corrected chi connectivity index (χ0v) is 19.0. The highest BCUT2D eigenvalue weighted by Gasteiger charge is 2.33. The molecule has 164 valence electrons. The second-order valence-corrected chi connectivity index (χ2v) is 10.6. The Kier molecular flexibility index (Phi) is 6.32. The molecule has 0 aliphatic carbocycles. The maximum atomic E-state index is 13.1. The smallest absolute Gasteiger partial charge is 0.286 e. The highest BCUT2D eigenvalue weighted by atomic mass is 32.2. The molecule has 2 aromatic carbocycles. The number of aromatic nitrogens is 2. The van der Waals surface area contributed by atoms with Gasteiger partial charge in [-0.25, -0.2) is 8.42 Å². The summed E-state index contributed by atoms with van der Waals surface area (Å²) in [5, 5.41) is 21.0. The third-order valence-corrected chi connectivity index (χ3v) is 8.22. The molecule has 8 nitrogen and oxygen atoms in total. The Balaban J connectivity index is 1.48. The summed E-state index contributed by atoms with van der Waals surface area (Å²) in [6.07, 6.45) is 1.44. The van der Waals surface area contributed by atoms with Gasteiger partial charge in [-0.1, -0.05) is 35.1 Å². The average molecular weight is 468 g/mol. The van der Waals surface area contributed by atoms with Crippen LogP contribution in [0.25, 0.3) is 0 Å². The van der Waals surface area contributed by atoms with E-state index in [0.29, 0.717) is 29.2 Å². The van der Waals surface area contributed by atoms with Crippen LogP contribution < -0.4 is 5.32 Å². The molecule has 0 saturated carbocycles. The van der Waals surface area contributed by atoms with Crippen molar-refractivity contribution in [1.29, 1.82) is 5.26 Å². The summed E-state index contributed by atoms with van der Waals surface area (Å²) in [6, 6.07) is 15.4. The van der Waals surface area contributed by atoms with Gasteiger partial charge in [0.25, 0.3) is 5.91 Å². The van der Waals surface area contributed by atoms with Crippen molar-refractivity contribution in [3.05, 3.63) is 69.7 Å². The Morgan fingerprint density at radius 3 is 2.75 bits per heavy atom. The number of sulfonamides is 1. The number of nitrogens with zero attached hydrogens (tertiary/aromatic N) is 4. The molecule has 0 spiro atoms. The number of amides is 1. The molecule has 4 rings (SSSR count). The molecule has 1 aliphatic heterocycles. The van der Waals surface area contributed by atoms with Gasteiger partial charge in [-0.2, -0.15) is 9.57 Å². The largest absolute Gasteiger partial charge is 0.320 e. The lowest BCUT2D eigenvalue weighted by molar-refractivity contribution is 0.102. The van der Waals surface area contributed by atoms with E-state index in [4.69, 9.17) is 5.26 Å². The number of aryl methyl sites for hydroxylation is 1. The Labute approximate surface area is 190 Å². The minimum Gasteiger partial charge on any atom is -0.320 e. The zero-order chi connectivity index (χ0) is 22.7. The molecule has 1 aliphatic rings. The molecule has 0 unspecified atom stereocenters. The number of nitriles is 1. The van der Waals surface area contributed by atoms with E-state index in [1.807, 2.05) is 37.3 Å². The van der Waals surface area contributed by atoms with Crippen LogP contribution in [0.3, 0.4) is 0 Å². The van der Waals surface area contributed by atoms with Crippen LogP contribution in [0.15, 0.2) is 53.4 Å². The SMILES string of the molecule is Cc1ccc(NC(=O)c2nnc([C@@H]3CCCN(S(=O)(=O)c4cccc(C#N)c4)C3)s2)cc1. The van der Waals surface area contributed by atoms with Gasteiger partial charge in [0.05, 0.1) is 16.5 Å². The maximum Gasteiger partial charge on any atom is 0.286 e. The molecular formula is C22H21N5O3S2. The molecule has 3 aromatic rings. The molecular weight excluding hydrogens is 446 g/mol. The van der Waals surface area contributed by atoms with Crippen molar-refractivity contribution >= 4 is 33.0 Å². The Morgan fingerprint density at radius 2 is 2.00 bits per heavy atom. The van der Waals surface area contributed by atoms with Crippen molar-refractivity contribution in [2.24, 2.45) is 0 Å².